The normalized spacial score (nSPS) is 15.8. The molecule has 30 heavy (non-hydrogen) atoms. The van der Waals surface area contributed by atoms with Gasteiger partial charge in [-0.25, -0.2) is 4.98 Å². The van der Waals surface area contributed by atoms with Crippen molar-refractivity contribution < 1.29 is 9.00 Å². The van der Waals surface area contributed by atoms with Crippen molar-refractivity contribution in [2.24, 2.45) is 5.92 Å². The molecule has 1 amide bonds. The Morgan fingerprint density at radius 2 is 1.73 bits per heavy atom. The minimum Gasteiger partial charge on any atom is -0.352 e. The maximum absolute atomic E-state index is 13.3. The molecule has 1 saturated carbocycles. The highest BCUT2D eigenvalue weighted by Gasteiger charge is 2.24. The molecule has 156 valence electrons. The van der Waals surface area contributed by atoms with Gasteiger partial charge in [-0.2, -0.15) is 0 Å². The van der Waals surface area contributed by atoms with Crippen LogP contribution in [0, 0.1) is 5.92 Å². The first-order chi connectivity index (χ1) is 14.6. The standard InChI is InChI=1S/C25H28N2O2S/c1-30(29)24-22(25(28)26-17-16-18-10-4-2-5-11-18)20-14-8-9-15-21(20)27-23(24)19-12-6-3-7-13-19/h3,6-9,12-15,18H,2,4-5,10-11,16-17H2,1H3,(H,26,28). The van der Waals surface area contributed by atoms with Crippen LogP contribution in [0.1, 0.15) is 48.9 Å². The van der Waals surface area contributed by atoms with Gasteiger partial charge in [-0.1, -0.05) is 80.6 Å². The van der Waals surface area contributed by atoms with Gasteiger partial charge in [-0.3, -0.25) is 9.00 Å². The maximum atomic E-state index is 13.3. The number of carbonyl (C=O) groups is 1. The molecule has 0 spiro atoms. The smallest absolute Gasteiger partial charge is 0.253 e. The zero-order valence-electron chi connectivity index (χ0n) is 17.4. The molecular weight excluding hydrogens is 392 g/mol. The van der Waals surface area contributed by atoms with E-state index in [1.165, 1.54) is 32.1 Å². The Balaban J connectivity index is 1.72. The molecule has 0 saturated heterocycles. The van der Waals surface area contributed by atoms with Gasteiger partial charge >= 0.3 is 0 Å². The highest BCUT2D eigenvalue weighted by Crippen LogP contribution is 2.32. The van der Waals surface area contributed by atoms with Crippen LogP contribution in [0.3, 0.4) is 0 Å². The lowest BCUT2D eigenvalue weighted by Crippen LogP contribution is -2.28. The average Bonchev–Trinajstić information content (AvgIpc) is 2.79. The molecule has 1 fully saturated rings. The number of fused-ring (bicyclic) bond motifs is 1. The lowest BCUT2D eigenvalue weighted by atomic mass is 9.87. The van der Waals surface area contributed by atoms with Gasteiger partial charge in [0, 0.05) is 23.8 Å². The fourth-order valence-corrected chi connectivity index (χ4v) is 5.37. The van der Waals surface area contributed by atoms with Crippen LogP contribution in [-0.2, 0) is 10.8 Å². The van der Waals surface area contributed by atoms with E-state index < -0.39 is 10.8 Å². The quantitative estimate of drug-likeness (QED) is 0.586. The Kier molecular flexibility index (Phi) is 6.58. The van der Waals surface area contributed by atoms with Gasteiger partial charge in [0.05, 0.1) is 32.5 Å². The molecule has 4 nitrogen and oxygen atoms in total. The second kappa shape index (κ2) is 9.52. The SMILES string of the molecule is CS(=O)c1c(-c2ccccc2)nc2ccccc2c1C(=O)NCCC1CCCCC1. The number of amides is 1. The van der Waals surface area contributed by atoms with E-state index in [0.717, 1.165) is 22.9 Å². The third kappa shape index (κ3) is 4.46. The minimum atomic E-state index is -1.36. The molecule has 1 N–H and O–H groups in total. The van der Waals surface area contributed by atoms with E-state index in [1.807, 2.05) is 54.6 Å². The van der Waals surface area contributed by atoms with Gasteiger partial charge in [0.25, 0.3) is 5.91 Å². The summed E-state index contributed by atoms with van der Waals surface area (Å²) in [4.78, 5) is 18.6. The summed E-state index contributed by atoms with van der Waals surface area (Å²) in [6, 6.07) is 17.3. The minimum absolute atomic E-state index is 0.160. The maximum Gasteiger partial charge on any atom is 0.253 e. The van der Waals surface area contributed by atoms with Crippen LogP contribution >= 0.6 is 0 Å². The van der Waals surface area contributed by atoms with E-state index in [9.17, 15) is 9.00 Å². The molecule has 0 bridgehead atoms. The topological polar surface area (TPSA) is 59.1 Å². The first-order valence-electron chi connectivity index (χ1n) is 10.7. The third-order valence-corrected chi connectivity index (χ3v) is 6.94. The Bertz CT molecular complexity index is 1060. The van der Waals surface area contributed by atoms with E-state index in [-0.39, 0.29) is 5.91 Å². The van der Waals surface area contributed by atoms with Crippen molar-refractivity contribution in [1.82, 2.24) is 10.3 Å². The summed E-state index contributed by atoms with van der Waals surface area (Å²) in [6.07, 6.45) is 9.08. The largest absolute Gasteiger partial charge is 0.352 e. The molecule has 5 heteroatoms. The number of benzene rings is 2. The first kappa shape index (κ1) is 20.7. The van der Waals surface area contributed by atoms with E-state index in [1.54, 1.807) is 6.26 Å². The summed E-state index contributed by atoms with van der Waals surface area (Å²) in [6.45, 7) is 0.649. The number of carbonyl (C=O) groups excluding carboxylic acids is 1. The number of nitrogens with zero attached hydrogens (tertiary/aromatic N) is 1. The zero-order chi connectivity index (χ0) is 20.9. The highest BCUT2D eigenvalue weighted by molar-refractivity contribution is 7.84. The molecule has 4 rings (SSSR count). The number of hydrogen-bond donors (Lipinski definition) is 1. The Labute approximate surface area is 180 Å². The molecule has 1 unspecified atom stereocenters. The fourth-order valence-electron chi connectivity index (χ4n) is 4.45. The van der Waals surface area contributed by atoms with E-state index in [2.05, 4.69) is 5.32 Å². The van der Waals surface area contributed by atoms with Gasteiger partial charge in [0.15, 0.2) is 0 Å². The van der Waals surface area contributed by atoms with Crippen LogP contribution in [0.2, 0.25) is 0 Å². The van der Waals surface area contributed by atoms with E-state index in [4.69, 9.17) is 4.98 Å². The summed E-state index contributed by atoms with van der Waals surface area (Å²) in [7, 11) is -1.36. The summed E-state index contributed by atoms with van der Waals surface area (Å²) in [5.41, 5.74) is 2.71. The molecule has 1 aliphatic carbocycles. The predicted molar refractivity (Wildman–Crippen MR) is 123 cm³/mol. The Morgan fingerprint density at radius 3 is 2.47 bits per heavy atom. The van der Waals surface area contributed by atoms with E-state index >= 15 is 0 Å². The highest BCUT2D eigenvalue weighted by atomic mass is 32.2. The van der Waals surface area contributed by atoms with Crippen LogP contribution in [0.4, 0.5) is 0 Å². The number of pyridine rings is 1. The second-order valence-corrected chi connectivity index (χ2v) is 9.37. The lowest BCUT2D eigenvalue weighted by molar-refractivity contribution is 0.0949. The van der Waals surface area contributed by atoms with Crippen molar-refractivity contribution in [1.29, 1.82) is 0 Å². The summed E-state index contributed by atoms with van der Waals surface area (Å²) in [5, 5.41) is 3.86. The zero-order valence-corrected chi connectivity index (χ0v) is 18.2. The Morgan fingerprint density at radius 1 is 1.03 bits per heavy atom. The van der Waals surface area contributed by atoms with Crippen LogP contribution < -0.4 is 5.32 Å². The number of hydrogen-bond acceptors (Lipinski definition) is 3. The average molecular weight is 421 g/mol. The van der Waals surface area contributed by atoms with Gasteiger partial charge < -0.3 is 5.32 Å². The van der Waals surface area contributed by atoms with Crippen LogP contribution in [-0.4, -0.2) is 27.9 Å². The molecule has 1 aliphatic rings. The van der Waals surface area contributed by atoms with Crippen LogP contribution in [0.5, 0.6) is 0 Å². The molecule has 0 aliphatic heterocycles. The van der Waals surface area contributed by atoms with Crippen LogP contribution in [0.25, 0.3) is 22.2 Å². The third-order valence-electron chi connectivity index (χ3n) is 5.97. The molecule has 1 aromatic heterocycles. The van der Waals surface area contributed by atoms with Crippen molar-refractivity contribution >= 4 is 27.6 Å². The van der Waals surface area contributed by atoms with Crippen molar-refractivity contribution in [3.63, 3.8) is 0 Å². The van der Waals surface area contributed by atoms with Gasteiger partial charge in [0.2, 0.25) is 0 Å². The number of aromatic nitrogens is 1. The number of para-hydroxylation sites is 1. The molecule has 1 heterocycles. The van der Waals surface area contributed by atoms with E-state index in [0.29, 0.717) is 28.6 Å². The van der Waals surface area contributed by atoms with Crippen molar-refractivity contribution in [2.75, 3.05) is 12.8 Å². The molecule has 2 aromatic carbocycles. The fraction of sp³-hybridized carbons (Fsp3) is 0.360. The molecular formula is C25H28N2O2S. The lowest BCUT2D eigenvalue weighted by Gasteiger charge is -2.21. The summed E-state index contributed by atoms with van der Waals surface area (Å²) in [5.74, 6) is 0.541. The number of rotatable bonds is 6. The first-order valence-corrected chi connectivity index (χ1v) is 12.3. The van der Waals surface area contributed by atoms with Crippen LogP contribution in [0.15, 0.2) is 59.5 Å². The van der Waals surface area contributed by atoms with Crippen molar-refractivity contribution in [3.8, 4) is 11.3 Å². The monoisotopic (exact) mass is 420 g/mol. The van der Waals surface area contributed by atoms with Gasteiger partial charge in [-0.15, -0.1) is 0 Å². The van der Waals surface area contributed by atoms with Gasteiger partial charge in [-0.05, 0) is 18.4 Å². The van der Waals surface area contributed by atoms with Crippen molar-refractivity contribution in [3.05, 3.63) is 60.2 Å². The Hall–Kier alpha value is -2.53. The van der Waals surface area contributed by atoms with Crippen molar-refractivity contribution in [2.45, 2.75) is 43.4 Å². The second-order valence-electron chi connectivity index (χ2n) is 8.05. The molecule has 1 atom stereocenters. The number of nitrogens with one attached hydrogen (secondary N) is 1. The summed E-state index contributed by atoms with van der Waals surface area (Å²) >= 11 is 0. The molecule has 3 aromatic rings. The molecule has 0 radical (unpaired) electrons. The predicted octanol–water partition coefficient (Wildman–Crippen LogP) is 5.34. The summed E-state index contributed by atoms with van der Waals surface area (Å²) < 4.78 is 12.8. The van der Waals surface area contributed by atoms with Gasteiger partial charge in [0.1, 0.15) is 0 Å².